The van der Waals surface area contributed by atoms with Crippen LogP contribution in [0.5, 0.6) is 0 Å². The first-order valence-corrected chi connectivity index (χ1v) is 12.1. The van der Waals surface area contributed by atoms with Crippen molar-refractivity contribution in [3.63, 3.8) is 0 Å². The Kier molecular flexibility index (Phi) is 4.20. The predicted molar refractivity (Wildman–Crippen MR) is 145 cm³/mol. The van der Waals surface area contributed by atoms with Crippen LogP contribution in [-0.4, -0.2) is 6.21 Å². The molecule has 1 N–H and O–H groups in total. The van der Waals surface area contributed by atoms with Gasteiger partial charge < -0.3 is 9.83 Å². The van der Waals surface area contributed by atoms with Gasteiger partial charge in [-0.25, -0.2) is 0 Å². The van der Waals surface area contributed by atoms with Crippen LogP contribution in [0.25, 0.3) is 64.4 Å². The maximum absolute atomic E-state index is 7.87. The summed E-state index contributed by atoms with van der Waals surface area (Å²) in [7, 11) is 0. The van der Waals surface area contributed by atoms with E-state index in [-0.39, 0.29) is 0 Å². The van der Waals surface area contributed by atoms with Crippen LogP contribution in [0.4, 0.5) is 0 Å². The molecule has 0 amide bonds. The van der Waals surface area contributed by atoms with E-state index in [0.29, 0.717) is 0 Å². The molecule has 0 saturated heterocycles. The van der Waals surface area contributed by atoms with Gasteiger partial charge in [-0.2, -0.15) is 0 Å². The number of nitrogens with one attached hydrogen (secondary N) is 1. The molecule has 0 radical (unpaired) electrons. The molecule has 0 unspecified atom stereocenters. The Morgan fingerprint density at radius 3 is 2.03 bits per heavy atom. The fraction of sp³-hybridized carbons (Fsp3) is 0. The van der Waals surface area contributed by atoms with Crippen molar-refractivity contribution in [3.05, 3.63) is 109 Å². The van der Waals surface area contributed by atoms with Crippen molar-refractivity contribution in [1.82, 2.24) is 0 Å². The van der Waals surface area contributed by atoms with Gasteiger partial charge in [-0.15, -0.1) is 11.3 Å². The average Bonchev–Trinajstić information content (AvgIpc) is 3.47. The van der Waals surface area contributed by atoms with Gasteiger partial charge in [0.25, 0.3) is 0 Å². The van der Waals surface area contributed by atoms with E-state index in [4.69, 9.17) is 9.83 Å². The van der Waals surface area contributed by atoms with Crippen LogP contribution in [0.15, 0.2) is 108 Å². The summed E-state index contributed by atoms with van der Waals surface area (Å²) in [4.78, 5) is 0. The van der Waals surface area contributed by atoms with Gasteiger partial charge in [-0.3, -0.25) is 0 Å². The van der Waals surface area contributed by atoms with Crippen LogP contribution >= 0.6 is 11.3 Å². The van der Waals surface area contributed by atoms with E-state index in [1.807, 2.05) is 29.5 Å². The summed E-state index contributed by atoms with van der Waals surface area (Å²) in [5.74, 6) is 0. The molecule has 2 heterocycles. The highest BCUT2D eigenvalue weighted by Crippen LogP contribution is 2.45. The smallest absolute Gasteiger partial charge is 0.136 e. The lowest BCUT2D eigenvalue weighted by atomic mass is 9.94. The number of furan rings is 1. The van der Waals surface area contributed by atoms with Gasteiger partial charge in [-0.05, 0) is 52.6 Å². The van der Waals surface area contributed by atoms with Gasteiger partial charge in [0.2, 0.25) is 0 Å². The third-order valence-electron chi connectivity index (χ3n) is 6.60. The summed E-state index contributed by atoms with van der Waals surface area (Å²) in [6, 6.07) is 36.1. The third-order valence-corrected chi connectivity index (χ3v) is 7.72. The molecule has 0 saturated carbocycles. The lowest BCUT2D eigenvalue weighted by Gasteiger charge is -2.09. The molecule has 34 heavy (non-hydrogen) atoms. The van der Waals surface area contributed by atoms with Crippen molar-refractivity contribution < 1.29 is 4.42 Å². The number of hydrogen-bond donors (Lipinski definition) is 1. The van der Waals surface area contributed by atoms with Gasteiger partial charge in [0.1, 0.15) is 11.2 Å². The molecule has 0 spiro atoms. The van der Waals surface area contributed by atoms with Crippen molar-refractivity contribution in [2.45, 2.75) is 0 Å². The molecule has 2 nitrogen and oxygen atoms in total. The summed E-state index contributed by atoms with van der Waals surface area (Å²) in [6.07, 6.45) is 1.41. The third kappa shape index (κ3) is 2.77. The van der Waals surface area contributed by atoms with Crippen LogP contribution in [0.2, 0.25) is 0 Å². The molecule has 160 valence electrons. The summed E-state index contributed by atoms with van der Waals surface area (Å²) in [5, 5.41) is 12.5. The number of fused-ring (bicyclic) bond motifs is 6. The van der Waals surface area contributed by atoms with Gasteiger partial charge in [0, 0.05) is 42.7 Å². The van der Waals surface area contributed by atoms with Crippen molar-refractivity contribution in [2.75, 3.05) is 0 Å². The number of rotatable bonds is 3. The highest BCUT2D eigenvalue weighted by Gasteiger charge is 2.16. The highest BCUT2D eigenvalue weighted by atomic mass is 32.1. The zero-order chi connectivity index (χ0) is 22.6. The molecule has 0 atom stereocenters. The normalized spacial score (nSPS) is 11.6. The largest absolute Gasteiger partial charge is 0.456 e. The molecule has 0 aliphatic rings. The molecule has 2 aromatic heterocycles. The van der Waals surface area contributed by atoms with Gasteiger partial charge in [0.05, 0.1) is 0 Å². The monoisotopic (exact) mass is 453 g/mol. The zero-order valence-electron chi connectivity index (χ0n) is 18.2. The minimum Gasteiger partial charge on any atom is -0.456 e. The molecule has 0 fully saturated rings. The Labute approximate surface area is 200 Å². The van der Waals surface area contributed by atoms with E-state index >= 15 is 0 Å². The van der Waals surface area contributed by atoms with Crippen molar-refractivity contribution in [3.8, 4) is 22.3 Å². The van der Waals surface area contributed by atoms with E-state index in [1.54, 1.807) is 0 Å². The van der Waals surface area contributed by atoms with Gasteiger partial charge in [0.15, 0.2) is 0 Å². The predicted octanol–water partition coefficient (Wildman–Crippen LogP) is 9.29. The van der Waals surface area contributed by atoms with Crippen LogP contribution < -0.4 is 0 Å². The molecular formula is C31H19NOS. The van der Waals surface area contributed by atoms with Crippen LogP contribution in [-0.2, 0) is 0 Å². The van der Waals surface area contributed by atoms with Crippen LogP contribution in [0, 0.1) is 5.41 Å². The average molecular weight is 454 g/mol. The zero-order valence-corrected chi connectivity index (χ0v) is 19.0. The maximum atomic E-state index is 7.87. The molecular weight excluding hydrogens is 434 g/mol. The first-order chi connectivity index (χ1) is 16.8. The van der Waals surface area contributed by atoms with E-state index in [0.717, 1.165) is 33.1 Å². The Hall–Kier alpha value is -4.21. The van der Waals surface area contributed by atoms with Crippen molar-refractivity contribution in [1.29, 1.82) is 5.41 Å². The summed E-state index contributed by atoms with van der Waals surface area (Å²) < 4.78 is 8.69. The summed E-state index contributed by atoms with van der Waals surface area (Å²) >= 11 is 1.84. The second-order valence-corrected chi connectivity index (χ2v) is 9.59. The van der Waals surface area contributed by atoms with Crippen LogP contribution in [0.3, 0.4) is 0 Å². The quantitative estimate of drug-likeness (QED) is 0.266. The summed E-state index contributed by atoms with van der Waals surface area (Å²) in [5.41, 5.74) is 7.41. The van der Waals surface area contributed by atoms with E-state index in [2.05, 4.69) is 84.9 Å². The minimum atomic E-state index is 0.818. The van der Waals surface area contributed by atoms with Crippen molar-refractivity contribution >= 4 is 59.7 Å². The van der Waals surface area contributed by atoms with Gasteiger partial charge >= 0.3 is 0 Å². The Morgan fingerprint density at radius 2 is 1.29 bits per heavy atom. The molecule has 0 bridgehead atoms. The lowest BCUT2D eigenvalue weighted by molar-refractivity contribution is 0.669. The molecule has 7 rings (SSSR count). The van der Waals surface area contributed by atoms with Gasteiger partial charge in [-0.1, -0.05) is 72.8 Å². The Morgan fingerprint density at radius 1 is 0.588 bits per heavy atom. The molecule has 0 aliphatic carbocycles. The van der Waals surface area contributed by atoms with E-state index in [9.17, 15) is 0 Å². The Bertz CT molecular complexity index is 1870. The van der Waals surface area contributed by atoms with Crippen molar-refractivity contribution in [2.24, 2.45) is 0 Å². The van der Waals surface area contributed by atoms with Crippen LogP contribution in [0.1, 0.15) is 5.56 Å². The Balaban J connectivity index is 1.57. The number of thiophene rings is 1. The molecule has 7 aromatic rings. The van der Waals surface area contributed by atoms with E-state index in [1.165, 1.54) is 43.1 Å². The minimum absolute atomic E-state index is 0.818. The number of hydrogen-bond acceptors (Lipinski definition) is 3. The molecule has 0 aliphatic heterocycles. The standard InChI is InChI=1S/C31H19NOS/c32-18-21-9-4-12-26-29(21)24-17-20(15-16-25(24)33-26)23-11-6-14-28-31(23)30-22(10-5-13-27(30)34-28)19-7-2-1-3-8-19/h1-18,32H. The second kappa shape index (κ2) is 7.41. The fourth-order valence-corrected chi connectivity index (χ4v) is 6.27. The topological polar surface area (TPSA) is 37.0 Å². The first-order valence-electron chi connectivity index (χ1n) is 11.3. The SMILES string of the molecule is N=Cc1cccc2oc3ccc(-c4cccc5sc6cccc(-c7ccccc7)c6c45)cc3c12. The first kappa shape index (κ1) is 19.3. The highest BCUT2D eigenvalue weighted by molar-refractivity contribution is 7.26. The molecule has 3 heteroatoms. The molecule has 5 aromatic carbocycles. The number of benzene rings is 5. The fourth-order valence-electron chi connectivity index (χ4n) is 5.11. The maximum Gasteiger partial charge on any atom is 0.136 e. The lowest BCUT2D eigenvalue weighted by Crippen LogP contribution is -1.83. The second-order valence-electron chi connectivity index (χ2n) is 8.50. The summed E-state index contributed by atoms with van der Waals surface area (Å²) in [6.45, 7) is 0. The van der Waals surface area contributed by atoms with E-state index < -0.39 is 0 Å².